The van der Waals surface area contributed by atoms with E-state index in [2.05, 4.69) is 25.9 Å². The van der Waals surface area contributed by atoms with Crippen molar-refractivity contribution in [1.29, 1.82) is 0 Å². The van der Waals surface area contributed by atoms with Gasteiger partial charge in [-0.1, -0.05) is 30.7 Å². The van der Waals surface area contributed by atoms with Crippen LogP contribution >= 0.6 is 11.6 Å². The summed E-state index contributed by atoms with van der Waals surface area (Å²) in [6, 6.07) is 7.12. The molecule has 3 N–H and O–H groups in total. The highest BCUT2D eigenvalue weighted by Gasteiger charge is 2.12. The van der Waals surface area contributed by atoms with Gasteiger partial charge in [0.15, 0.2) is 0 Å². The summed E-state index contributed by atoms with van der Waals surface area (Å²) in [5.41, 5.74) is 1.77. The van der Waals surface area contributed by atoms with Gasteiger partial charge in [-0.25, -0.2) is 14.8 Å². The molecule has 0 saturated heterocycles. The molecule has 1 aromatic carbocycles. The predicted molar refractivity (Wildman–Crippen MR) is 140 cm³/mol. The number of nitrogens with zero attached hydrogens (tertiary/aromatic N) is 2. The van der Waals surface area contributed by atoms with Crippen molar-refractivity contribution in [2.45, 2.75) is 33.2 Å². The summed E-state index contributed by atoms with van der Waals surface area (Å²) in [6.07, 6.45) is 1.65. The van der Waals surface area contributed by atoms with E-state index in [0.29, 0.717) is 69.3 Å². The first-order valence-corrected chi connectivity index (χ1v) is 12.6. The highest BCUT2D eigenvalue weighted by atomic mass is 35.5. The van der Waals surface area contributed by atoms with Gasteiger partial charge in [0.2, 0.25) is 5.91 Å². The van der Waals surface area contributed by atoms with Crippen molar-refractivity contribution in [1.82, 2.24) is 20.6 Å². The van der Waals surface area contributed by atoms with E-state index in [1.165, 1.54) is 13.3 Å². The number of amides is 2. The minimum Gasteiger partial charge on any atom is -0.410 e. The molecule has 0 fully saturated rings. The van der Waals surface area contributed by atoms with Crippen molar-refractivity contribution in [3.8, 4) is 5.75 Å². The molecule has 2 rings (SSSR count). The van der Waals surface area contributed by atoms with Gasteiger partial charge in [-0.2, -0.15) is 0 Å². The Balaban J connectivity index is 1.55. The number of nitrogens with one attached hydrogen (secondary N) is 3. The fourth-order valence-electron chi connectivity index (χ4n) is 3.08. The van der Waals surface area contributed by atoms with Crippen molar-refractivity contribution in [3.05, 3.63) is 46.9 Å². The number of ether oxygens (including phenoxy) is 4. The van der Waals surface area contributed by atoms with E-state index in [1.54, 1.807) is 12.1 Å². The molecule has 0 bridgehead atoms. The Bertz CT molecular complexity index is 963. The summed E-state index contributed by atoms with van der Waals surface area (Å²) < 4.78 is 21.4. The first-order chi connectivity index (χ1) is 17.9. The standard InChI is InChI=1S/C25H36ClN5O6/c1-4-22-23(26)24(30-17-29-22)31-18(2)20-5-7-21(8-6-20)37-25(33)28-10-12-35-14-16-36-15-13-34-11-9-27-19(3)32/h5-8,17-18H,4,9-16H2,1-3H3,(H,27,32)(H,28,33)(H,29,30,31). The molecule has 0 aliphatic heterocycles. The van der Waals surface area contributed by atoms with E-state index in [9.17, 15) is 9.59 Å². The Kier molecular flexibility index (Phi) is 14.3. The first-order valence-electron chi connectivity index (χ1n) is 12.2. The Morgan fingerprint density at radius 2 is 1.51 bits per heavy atom. The van der Waals surface area contributed by atoms with E-state index in [0.717, 1.165) is 17.7 Å². The zero-order chi connectivity index (χ0) is 26.9. The molecule has 37 heavy (non-hydrogen) atoms. The van der Waals surface area contributed by atoms with E-state index in [-0.39, 0.29) is 11.9 Å². The third-order valence-corrected chi connectivity index (χ3v) is 5.42. The molecule has 0 aliphatic rings. The number of hydrogen-bond donors (Lipinski definition) is 3. The van der Waals surface area contributed by atoms with E-state index >= 15 is 0 Å². The van der Waals surface area contributed by atoms with Gasteiger partial charge in [0, 0.05) is 26.1 Å². The van der Waals surface area contributed by atoms with Gasteiger partial charge in [0.25, 0.3) is 0 Å². The van der Waals surface area contributed by atoms with E-state index in [4.69, 9.17) is 30.5 Å². The van der Waals surface area contributed by atoms with Gasteiger partial charge in [-0.05, 0) is 31.0 Å². The second kappa shape index (κ2) is 17.5. The van der Waals surface area contributed by atoms with Crippen LogP contribution in [0.4, 0.5) is 10.6 Å². The quantitative estimate of drug-likeness (QED) is 0.260. The van der Waals surface area contributed by atoms with Crippen LogP contribution in [-0.2, 0) is 25.4 Å². The Morgan fingerprint density at radius 1 is 0.919 bits per heavy atom. The van der Waals surface area contributed by atoms with Crippen LogP contribution in [0.1, 0.15) is 38.1 Å². The number of hydrogen-bond acceptors (Lipinski definition) is 9. The largest absolute Gasteiger partial charge is 0.412 e. The highest BCUT2D eigenvalue weighted by Crippen LogP contribution is 2.27. The van der Waals surface area contributed by atoms with Crippen LogP contribution in [0.5, 0.6) is 5.75 Å². The molecule has 0 radical (unpaired) electrons. The Hall–Kier alpha value is -2.99. The van der Waals surface area contributed by atoms with E-state index in [1.807, 2.05) is 26.0 Å². The first kappa shape index (κ1) is 30.2. The van der Waals surface area contributed by atoms with Crippen LogP contribution < -0.4 is 20.7 Å². The van der Waals surface area contributed by atoms with Crippen LogP contribution in [0.25, 0.3) is 0 Å². The maximum Gasteiger partial charge on any atom is 0.412 e. The molecule has 1 atom stereocenters. The lowest BCUT2D eigenvalue weighted by molar-refractivity contribution is -0.119. The molecule has 0 aliphatic carbocycles. The number of aryl methyl sites for hydroxylation is 1. The van der Waals surface area contributed by atoms with Gasteiger partial charge in [0.1, 0.15) is 22.9 Å². The average Bonchev–Trinajstić information content (AvgIpc) is 2.88. The molecule has 1 unspecified atom stereocenters. The van der Waals surface area contributed by atoms with Gasteiger partial charge in [-0.15, -0.1) is 0 Å². The maximum atomic E-state index is 12.0. The molecule has 1 aromatic heterocycles. The van der Waals surface area contributed by atoms with Gasteiger partial charge < -0.3 is 34.9 Å². The lowest BCUT2D eigenvalue weighted by atomic mass is 10.1. The number of anilines is 1. The Morgan fingerprint density at radius 3 is 2.11 bits per heavy atom. The molecule has 2 amide bonds. The molecule has 204 valence electrons. The smallest absolute Gasteiger partial charge is 0.410 e. The summed E-state index contributed by atoms with van der Waals surface area (Å²) in [7, 11) is 0. The van der Waals surface area contributed by atoms with Gasteiger partial charge in [0.05, 0.1) is 45.3 Å². The highest BCUT2D eigenvalue weighted by molar-refractivity contribution is 6.33. The normalized spacial score (nSPS) is 11.6. The van der Waals surface area contributed by atoms with Crippen molar-refractivity contribution in [2.24, 2.45) is 0 Å². The summed E-state index contributed by atoms with van der Waals surface area (Å²) in [5, 5.41) is 9.09. The zero-order valence-corrected chi connectivity index (χ0v) is 22.3. The molecular formula is C25H36ClN5O6. The number of rotatable bonds is 17. The van der Waals surface area contributed by atoms with E-state index < -0.39 is 6.09 Å². The van der Waals surface area contributed by atoms with Crippen LogP contribution in [0.3, 0.4) is 0 Å². The predicted octanol–water partition coefficient (Wildman–Crippen LogP) is 3.14. The summed E-state index contributed by atoms with van der Waals surface area (Å²) in [5.74, 6) is 0.929. The third kappa shape index (κ3) is 12.2. The number of aromatic nitrogens is 2. The third-order valence-electron chi connectivity index (χ3n) is 5.02. The second-order valence-electron chi connectivity index (χ2n) is 7.91. The minimum absolute atomic E-state index is 0.0660. The molecule has 11 nitrogen and oxygen atoms in total. The maximum absolute atomic E-state index is 12.0. The summed E-state index contributed by atoms with van der Waals surface area (Å²) >= 11 is 6.36. The number of benzene rings is 1. The van der Waals surface area contributed by atoms with Crippen LogP contribution in [0.2, 0.25) is 5.02 Å². The lowest BCUT2D eigenvalue weighted by Gasteiger charge is -2.17. The SMILES string of the molecule is CCc1ncnc(NC(C)c2ccc(OC(=O)NCCOCCOCCOCCNC(C)=O)cc2)c1Cl. The zero-order valence-electron chi connectivity index (χ0n) is 21.5. The fraction of sp³-hybridized carbons (Fsp3) is 0.520. The van der Waals surface area contributed by atoms with Crippen LogP contribution in [-0.4, -0.2) is 74.7 Å². The average molecular weight is 538 g/mol. The van der Waals surface area contributed by atoms with Gasteiger partial charge >= 0.3 is 6.09 Å². The van der Waals surface area contributed by atoms with Crippen molar-refractivity contribution < 1.29 is 28.5 Å². The van der Waals surface area contributed by atoms with Crippen LogP contribution in [0, 0.1) is 0 Å². The number of carbonyl (C=O) groups is 2. The van der Waals surface area contributed by atoms with Crippen molar-refractivity contribution >= 4 is 29.4 Å². The van der Waals surface area contributed by atoms with Crippen molar-refractivity contribution in [2.75, 3.05) is 58.0 Å². The van der Waals surface area contributed by atoms with Gasteiger partial charge in [-0.3, -0.25) is 4.79 Å². The molecule has 2 aromatic rings. The minimum atomic E-state index is -0.560. The molecule has 0 saturated carbocycles. The van der Waals surface area contributed by atoms with Crippen LogP contribution in [0.15, 0.2) is 30.6 Å². The van der Waals surface area contributed by atoms with Crippen molar-refractivity contribution in [3.63, 3.8) is 0 Å². The fourth-order valence-corrected chi connectivity index (χ4v) is 3.36. The number of halogens is 1. The Labute approximate surface area is 222 Å². The summed E-state index contributed by atoms with van der Waals surface area (Å²) in [6.45, 7) is 8.71. The molecule has 1 heterocycles. The summed E-state index contributed by atoms with van der Waals surface area (Å²) in [4.78, 5) is 31.1. The molecule has 12 heteroatoms. The number of carbonyl (C=O) groups excluding carboxylic acids is 2. The molecule has 0 spiro atoms. The monoisotopic (exact) mass is 537 g/mol. The topological polar surface area (TPSA) is 133 Å². The second-order valence-corrected chi connectivity index (χ2v) is 8.29. The molecular weight excluding hydrogens is 502 g/mol. The lowest BCUT2D eigenvalue weighted by Crippen LogP contribution is -2.30.